The molecule has 1 rings (SSSR count). The number of rotatable bonds is 5. The smallest absolute Gasteiger partial charge is 0.101 e. The summed E-state index contributed by atoms with van der Waals surface area (Å²) < 4.78 is 0.898. The van der Waals surface area contributed by atoms with Crippen LogP contribution in [0.3, 0.4) is 0 Å². The highest BCUT2D eigenvalue weighted by molar-refractivity contribution is 9.10. The van der Waals surface area contributed by atoms with Crippen LogP contribution in [0.2, 0.25) is 0 Å². The first-order chi connectivity index (χ1) is 8.48. The van der Waals surface area contributed by atoms with Crippen molar-refractivity contribution in [3.05, 3.63) is 28.2 Å². The predicted octanol–water partition coefficient (Wildman–Crippen LogP) is 4.06. The fourth-order valence-corrected chi connectivity index (χ4v) is 1.93. The lowest BCUT2D eigenvalue weighted by atomic mass is 9.90. The van der Waals surface area contributed by atoms with Crippen LogP contribution < -0.4 is 5.32 Å². The molecule has 0 radical (unpaired) electrons. The van der Waals surface area contributed by atoms with Crippen LogP contribution in [0.1, 0.15) is 32.3 Å². The van der Waals surface area contributed by atoms with Crippen molar-refractivity contribution in [2.75, 3.05) is 11.9 Å². The molecule has 0 unspecified atom stereocenters. The van der Waals surface area contributed by atoms with E-state index in [1.165, 1.54) is 0 Å². The van der Waals surface area contributed by atoms with Gasteiger partial charge in [0.25, 0.3) is 0 Å². The Balaban J connectivity index is 2.51. The minimum absolute atomic E-state index is 0.278. The zero-order valence-electron chi connectivity index (χ0n) is 10.6. The first-order valence-corrected chi connectivity index (χ1v) is 6.62. The number of halogens is 1. The Kier molecular flexibility index (Phi) is 5.19. The van der Waals surface area contributed by atoms with Crippen LogP contribution in [-0.2, 0) is 0 Å². The summed E-state index contributed by atoms with van der Waals surface area (Å²) in [6.07, 6.45) is 1.75. The molecular formula is C14H16BrN3. The molecule has 0 saturated carbocycles. The lowest BCUT2D eigenvalue weighted by Crippen LogP contribution is -2.11. The molecule has 0 aliphatic carbocycles. The molecule has 94 valence electrons. The van der Waals surface area contributed by atoms with Crippen molar-refractivity contribution in [3.8, 4) is 12.1 Å². The lowest BCUT2D eigenvalue weighted by Gasteiger charge is -2.15. The second-order valence-electron chi connectivity index (χ2n) is 4.83. The molecule has 0 saturated heterocycles. The van der Waals surface area contributed by atoms with E-state index in [1.807, 2.05) is 26.0 Å². The van der Waals surface area contributed by atoms with Gasteiger partial charge in [-0.15, -0.1) is 0 Å². The summed E-state index contributed by atoms with van der Waals surface area (Å²) in [7, 11) is 0. The van der Waals surface area contributed by atoms with Crippen molar-refractivity contribution in [1.29, 1.82) is 10.5 Å². The number of nitriles is 2. The van der Waals surface area contributed by atoms with Gasteiger partial charge in [0, 0.05) is 11.0 Å². The van der Waals surface area contributed by atoms with Gasteiger partial charge in [-0.3, -0.25) is 0 Å². The second-order valence-corrected chi connectivity index (χ2v) is 5.74. The van der Waals surface area contributed by atoms with Crippen LogP contribution in [0.4, 0.5) is 5.69 Å². The average molecular weight is 306 g/mol. The van der Waals surface area contributed by atoms with Crippen molar-refractivity contribution in [2.45, 2.75) is 26.7 Å². The second kappa shape index (κ2) is 6.42. The molecule has 1 aromatic carbocycles. The molecule has 4 heteroatoms. The van der Waals surface area contributed by atoms with Crippen molar-refractivity contribution in [1.82, 2.24) is 0 Å². The Morgan fingerprint density at radius 3 is 2.67 bits per heavy atom. The molecule has 1 aromatic rings. The average Bonchev–Trinajstić information content (AvgIpc) is 2.36. The van der Waals surface area contributed by atoms with Gasteiger partial charge in [-0.05, 0) is 44.9 Å². The third-order valence-electron chi connectivity index (χ3n) is 2.70. The molecular weight excluding hydrogens is 290 g/mol. The summed E-state index contributed by atoms with van der Waals surface area (Å²) in [4.78, 5) is 0. The van der Waals surface area contributed by atoms with Gasteiger partial charge in [-0.1, -0.05) is 15.9 Å². The molecule has 0 aliphatic rings. The van der Waals surface area contributed by atoms with Crippen LogP contribution in [0.15, 0.2) is 22.7 Å². The zero-order valence-corrected chi connectivity index (χ0v) is 12.2. The van der Waals surface area contributed by atoms with Gasteiger partial charge in [0.2, 0.25) is 0 Å². The highest BCUT2D eigenvalue weighted by Gasteiger charge is 2.15. The summed E-state index contributed by atoms with van der Waals surface area (Å²) in [6, 6.07) is 10.0. The number of benzene rings is 1. The maximum absolute atomic E-state index is 9.01. The fraction of sp³-hybridized carbons (Fsp3) is 0.429. The molecule has 0 aliphatic heterocycles. The third-order valence-corrected chi connectivity index (χ3v) is 3.19. The van der Waals surface area contributed by atoms with E-state index in [2.05, 4.69) is 33.4 Å². The largest absolute Gasteiger partial charge is 0.384 e. The van der Waals surface area contributed by atoms with Gasteiger partial charge in [-0.25, -0.2) is 0 Å². The number of anilines is 1. The van der Waals surface area contributed by atoms with E-state index in [1.54, 1.807) is 6.07 Å². The molecule has 1 N–H and O–H groups in total. The van der Waals surface area contributed by atoms with E-state index in [-0.39, 0.29) is 5.41 Å². The Labute approximate surface area is 117 Å². The monoisotopic (exact) mass is 305 g/mol. The van der Waals surface area contributed by atoms with Gasteiger partial charge in [0.1, 0.15) is 6.07 Å². The fourth-order valence-electron chi connectivity index (χ4n) is 1.57. The van der Waals surface area contributed by atoms with Crippen LogP contribution >= 0.6 is 15.9 Å². The molecule has 0 fully saturated rings. The van der Waals surface area contributed by atoms with Crippen molar-refractivity contribution < 1.29 is 0 Å². The molecule has 0 heterocycles. The predicted molar refractivity (Wildman–Crippen MR) is 76.0 cm³/mol. The van der Waals surface area contributed by atoms with E-state index in [4.69, 9.17) is 10.5 Å². The molecule has 0 atom stereocenters. The van der Waals surface area contributed by atoms with E-state index >= 15 is 0 Å². The van der Waals surface area contributed by atoms with Gasteiger partial charge >= 0.3 is 0 Å². The first kappa shape index (κ1) is 14.5. The third kappa shape index (κ3) is 4.39. The summed E-state index contributed by atoms with van der Waals surface area (Å²) >= 11 is 3.34. The maximum atomic E-state index is 9.01. The maximum Gasteiger partial charge on any atom is 0.101 e. The highest BCUT2D eigenvalue weighted by atomic mass is 79.9. The normalized spacial score (nSPS) is 10.5. The van der Waals surface area contributed by atoms with E-state index < -0.39 is 0 Å². The summed E-state index contributed by atoms with van der Waals surface area (Å²) in [5, 5.41) is 21.2. The molecule has 18 heavy (non-hydrogen) atoms. The van der Waals surface area contributed by atoms with Gasteiger partial charge in [-0.2, -0.15) is 10.5 Å². The summed E-state index contributed by atoms with van der Waals surface area (Å²) in [5.74, 6) is 0. The molecule has 0 bridgehead atoms. The van der Waals surface area contributed by atoms with E-state index in [9.17, 15) is 0 Å². The van der Waals surface area contributed by atoms with Crippen LogP contribution in [-0.4, -0.2) is 6.54 Å². The Morgan fingerprint density at radius 2 is 2.06 bits per heavy atom. The van der Waals surface area contributed by atoms with Crippen molar-refractivity contribution in [3.63, 3.8) is 0 Å². The Morgan fingerprint density at radius 1 is 1.33 bits per heavy atom. The van der Waals surface area contributed by atoms with E-state index in [0.29, 0.717) is 5.56 Å². The topological polar surface area (TPSA) is 59.6 Å². The number of nitrogens with zero attached hydrogens (tertiary/aromatic N) is 2. The molecule has 0 spiro atoms. The van der Waals surface area contributed by atoms with Crippen molar-refractivity contribution in [2.24, 2.45) is 5.41 Å². The number of hydrogen-bond acceptors (Lipinski definition) is 3. The number of nitrogens with one attached hydrogen (secondary N) is 1. The van der Waals surface area contributed by atoms with Crippen LogP contribution in [0, 0.1) is 28.1 Å². The quantitative estimate of drug-likeness (QED) is 0.834. The van der Waals surface area contributed by atoms with Crippen LogP contribution in [0.25, 0.3) is 0 Å². The number of hydrogen-bond donors (Lipinski definition) is 1. The Hall–Kier alpha value is -1.52. The van der Waals surface area contributed by atoms with E-state index in [0.717, 1.165) is 29.5 Å². The molecule has 0 aromatic heterocycles. The molecule has 3 nitrogen and oxygen atoms in total. The minimum atomic E-state index is -0.278. The summed E-state index contributed by atoms with van der Waals surface area (Å²) in [5.41, 5.74) is 1.19. The standard InChI is InChI=1S/C14H16BrN3/c1-14(2,10-17)6-3-7-18-13-5-4-12(15)8-11(13)9-16/h4-5,8,18H,3,6-7H2,1-2H3. The minimum Gasteiger partial charge on any atom is -0.384 e. The van der Waals surface area contributed by atoms with Gasteiger partial charge in [0.15, 0.2) is 0 Å². The lowest BCUT2D eigenvalue weighted by molar-refractivity contribution is 0.441. The molecule has 0 amide bonds. The summed E-state index contributed by atoms with van der Waals surface area (Å²) in [6.45, 7) is 4.64. The van der Waals surface area contributed by atoms with Crippen molar-refractivity contribution >= 4 is 21.6 Å². The van der Waals surface area contributed by atoms with Crippen LogP contribution in [0.5, 0.6) is 0 Å². The first-order valence-electron chi connectivity index (χ1n) is 5.83. The SMILES string of the molecule is CC(C)(C#N)CCCNc1ccc(Br)cc1C#N. The highest BCUT2D eigenvalue weighted by Crippen LogP contribution is 2.22. The van der Waals surface area contributed by atoms with Gasteiger partial charge in [0.05, 0.1) is 22.7 Å². The Bertz CT molecular complexity index is 495. The zero-order chi connectivity index (χ0) is 13.6. The van der Waals surface area contributed by atoms with Gasteiger partial charge < -0.3 is 5.32 Å².